The molecule has 0 spiro atoms. The highest BCUT2D eigenvalue weighted by atomic mass is 15.0. The molecule has 0 amide bonds. The van der Waals surface area contributed by atoms with Gasteiger partial charge in [0.15, 0.2) is 0 Å². The van der Waals surface area contributed by atoms with Gasteiger partial charge in [0.2, 0.25) is 0 Å². The molecule has 120 valence electrons. The standard InChI is InChI=1S/C21H26N2/c1-5-18-10-6-7-12-20(18)21(16-22,13-14-23(3)4)19-11-8-9-17(2)15-19/h6-12,15H,5,13-14H2,1-4H3. The predicted molar refractivity (Wildman–Crippen MR) is 96.6 cm³/mol. The highest BCUT2D eigenvalue weighted by Gasteiger charge is 2.36. The normalized spacial score (nSPS) is 13.6. The maximum atomic E-state index is 10.2. The first-order valence-electron chi connectivity index (χ1n) is 8.25. The summed E-state index contributed by atoms with van der Waals surface area (Å²) in [6.45, 7) is 5.12. The summed E-state index contributed by atoms with van der Waals surface area (Å²) in [5.74, 6) is 0. The molecule has 2 rings (SSSR count). The van der Waals surface area contributed by atoms with Crippen LogP contribution in [0.2, 0.25) is 0 Å². The zero-order valence-electron chi connectivity index (χ0n) is 14.6. The molecule has 2 aromatic rings. The van der Waals surface area contributed by atoms with Crippen molar-refractivity contribution in [2.45, 2.75) is 32.1 Å². The lowest BCUT2D eigenvalue weighted by atomic mass is 9.71. The van der Waals surface area contributed by atoms with E-state index in [2.05, 4.69) is 81.4 Å². The van der Waals surface area contributed by atoms with E-state index in [1.165, 1.54) is 11.1 Å². The van der Waals surface area contributed by atoms with Crippen molar-refractivity contribution in [3.05, 3.63) is 70.8 Å². The molecule has 0 fully saturated rings. The van der Waals surface area contributed by atoms with Gasteiger partial charge in [0.1, 0.15) is 5.41 Å². The van der Waals surface area contributed by atoms with Gasteiger partial charge in [-0.15, -0.1) is 0 Å². The van der Waals surface area contributed by atoms with E-state index in [9.17, 15) is 5.26 Å². The second kappa shape index (κ2) is 7.44. The highest BCUT2D eigenvalue weighted by Crippen LogP contribution is 2.37. The van der Waals surface area contributed by atoms with Crippen molar-refractivity contribution in [2.24, 2.45) is 0 Å². The Kier molecular flexibility index (Phi) is 5.58. The number of hydrogen-bond acceptors (Lipinski definition) is 2. The first-order chi connectivity index (χ1) is 11.0. The van der Waals surface area contributed by atoms with Crippen molar-refractivity contribution in [1.29, 1.82) is 5.26 Å². The van der Waals surface area contributed by atoms with Crippen LogP contribution in [0.15, 0.2) is 48.5 Å². The highest BCUT2D eigenvalue weighted by molar-refractivity contribution is 5.50. The van der Waals surface area contributed by atoms with E-state index in [1.54, 1.807) is 0 Å². The maximum absolute atomic E-state index is 10.2. The number of benzene rings is 2. The molecule has 0 saturated carbocycles. The van der Waals surface area contributed by atoms with Crippen LogP contribution >= 0.6 is 0 Å². The SMILES string of the molecule is CCc1ccccc1C(C#N)(CCN(C)C)c1cccc(C)c1. The Balaban J connectivity index is 2.65. The molecule has 0 aliphatic rings. The topological polar surface area (TPSA) is 27.0 Å². The Labute approximate surface area is 140 Å². The number of hydrogen-bond donors (Lipinski definition) is 0. The van der Waals surface area contributed by atoms with Gasteiger partial charge in [-0.2, -0.15) is 5.26 Å². The number of rotatable bonds is 6. The zero-order chi connectivity index (χ0) is 16.9. The monoisotopic (exact) mass is 306 g/mol. The van der Waals surface area contributed by atoms with E-state index in [0.717, 1.165) is 30.5 Å². The van der Waals surface area contributed by atoms with Crippen LogP contribution in [0, 0.1) is 18.3 Å². The minimum absolute atomic E-state index is 0.594. The van der Waals surface area contributed by atoms with Gasteiger partial charge in [-0.3, -0.25) is 0 Å². The van der Waals surface area contributed by atoms with Crippen LogP contribution in [0.5, 0.6) is 0 Å². The van der Waals surface area contributed by atoms with Gasteiger partial charge in [-0.05, 0) is 57.1 Å². The number of nitrogens with zero attached hydrogens (tertiary/aromatic N) is 2. The lowest BCUT2D eigenvalue weighted by Gasteiger charge is -2.31. The maximum Gasteiger partial charge on any atom is 0.109 e. The molecular formula is C21H26N2. The summed E-state index contributed by atoms with van der Waals surface area (Å²) < 4.78 is 0. The Morgan fingerprint density at radius 2 is 1.83 bits per heavy atom. The van der Waals surface area contributed by atoms with Crippen LogP contribution in [0.1, 0.15) is 35.6 Å². The predicted octanol–water partition coefficient (Wildman–Crippen LogP) is 4.32. The Bertz CT molecular complexity index is 697. The van der Waals surface area contributed by atoms with Gasteiger partial charge < -0.3 is 4.90 Å². The Morgan fingerprint density at radius 3 is 2.43 bits per heavy atom. The molecule has 1 atom stereocenters. The number of nitriles is 1. The second-order valence-corrected chi connectivity index (χ2v) is 6.45. The molecule has 0 aliphatic heterocycles. The largest absolute Gasteiger partial charge is 0.309 e. The summed E-state index contributed by atoms with van der Waals surface area (Å²) in [4.78, 5) is 2.15. The first kappa shape index (κ1) is 17.2. The molecule has 0 aliphatic carbocycles. The van der Waals surface area contributed by atoms with Gasteiger partial charge in [0.25, 0.3) is 0 Å². The van der Waals surface area contributed by atoms with Gasteiger partial charge in [-0.1, -0.05) is 61.0 Å². The number of aryl methyl sites for hydroxylation is 2. The van der Waals surface area contributed by atoms with E-state index < -0.39 is 5.41 Å². The molecule has 0 saturated heterocycles. The molecule has 0 radical (unpaired) electrons. The minimum atomic E-state index is -0.594. The fraction of sp³-hybridized carbons (Fsp3) is 0.381. The Morgan fingerprint density at radius 1 is 1.09 bits per heavy atom. The zero-order valence-corrected chi connectivity index (χ0v) is 14.6. The second-order valence-electron chi connectivity index (χ2n) is 6.45. The fourth-order valence-electron chi connectivity index (χ4n) is 3.16. The van der Waals surface area contributed by atoms with Gasteiger partial charge in [0.05, 0.1) is 6.07 Å². The van der Waals surface area contributed by atoms with Crippen molar-refractivity contribution in [3.63, 3.8) is 0 Å². The minimum Gasteiger partial charge on any atom is -0.309 e. The van der Waals surface area contributed by atoms with Crippen LogP contribution in [-0.2, 0) is 11.8 Å². The van der Waals surface area contributed by atoms with Gasteiger partial charge in [-0.25, -0.2) is 0 Å². The van der Waals surface area contributed by atoms with Crippen molar-refractivity contribution >= 4 is 0 Å². The molecule has 2 aromatic carbocycles. The molecular weight excluding hydrogens is 280 g/mol. The Hall–Kier alpha value is -2.11. The molecule has 0 heterocycles. The lowest BCUT2D eigenvalue weighted by Crippen LogP contribution is -2.32. The van der Waals surface area contributed by atoms with Gasteiger partial charge >= 0.3 is 0 Å². The van der Waals surface area contributed by atoms with E-state index in [0.29, 0.717) is 0 Å². The summed E-state index contributed by atoms with van der Waals surface area (Å²) >= 11 is 0. The molecule has 1 unspecified atom stereocenters. The summed E-state index contributed by atoms with van der Waals surface area (Å²) in [5.41, 5.74) is 4.11. The summed E-state index contributed by atoms with van der Waals surface area (Å²) in [6, 6.07) is 19.5. The van der Waals surface area contributed by atoms with Crippen LogP contribution in [0.3, 0.4) is 0 Å². The summed E-state index contributed by atoms with van der Waals surface area (Å²) in [5, 5.41) is 10.2. The molecule has 23 heavy (non-hydrogen) atoms. The smallest absolute Gasteiger partial charge is 0.109 e. The third-order valence-corrected chi connectivity index (χ3v) is 4.49. The first-order valence-corrected chi connectivity index (χ1v) is 8.25. The molecule has 0 N–H and O–H groups in total. The molecule has 2 heteroatoms. The van der Waals surface area contributed by atoms with E-state index in [-0.39, 0.29) is 0 Å². The molecule has 0 aromatic heterocycles. The van der Waals surface area contributed by atoms with E-state index >= 15 is 0 Å². The van der Waals surface area contributed by atoms with Crippen molar-refractivity contribution in [1.82, 2.24) is 4.90 Å². The third kappa shape index (κ3) is 3.63. The van der Waals surface area contributed by atoms with Crippen molar-refractivity contribution < 1.29 is 0 Å². The van der Waals surface area contributed by atoms with Crippen molar-refractivity contribution in [2.75, 3.05) is 20.6 Å². The molecule has 2 nitrogen and oxygen atoms in total. The van der Waals surface area contributed by atoms with Crippen LogP contribution in [0.4, 0.5) is 0 Å². The summed E-state index contributed by atoms with van der Waals surface area (Å²) in [6.07, 6.45) is 1.73. The quantitative estimate of drug-likeness (QED) is 0.795. The fourth-order valence-corrected chi connectivity index (χ4v) is 3.16. The molecule has 0 bridgehead atoms. The summed E-state index contributed by atoms with van der Waals surface area (Å²) in [7, 11) is 4.12. The third-order valence-electron chi connectivity index (χ3n) is 4.49. The van der Waals surface area contributed by atoms with Crippen molar-refractivity contribution in [3.8, 4) is 6.07 Å². The van der Waals surface area contributed by atoms with Crippen LogP contribution in [0.25, 0.3) is 0 Å². The average molecular weight is 306 g/mol. The van der Waals surface area contributed by atoms with E-state index in [1.807, 2.05) is 6.07 Å². The van der Waals surface area contributed by atoms with Crippen LogP contribution < -0.4 is 0 Å². The lowest BCUT2D eigenvalue weighted by molar-refractivity contribution is 0.371. The van der Waals surface area contributed by atoms with Gasteiger partial charge in [0, 0.05) is 0 Å². The van der Waals surface area contributed by atoms with Crippen LogP contribution in [-0.4, -0.2) is 25.5 Å². The van der Waals surface area contributed by atoms with E-state index in [4.69, 9.17) is 0 Å². The average Bonchev–Trinajstić information content (AvgIpc) is 2.56.